The Balaban J connectivity index is 2.74. The van der Waals surface area contributed by atoms with Crippen LogP contribution in [0, 0.1) is 11.8 Å². The standard InChI is InChI=1S/C12H24N2O2/c1-9(2)6-12(3,11(15)16)14-5-4-10(7-13)8-14/h9-10H,4-8,13H2,1-3H3,(H,15,16). The highest BCUT2D eigenvalue weighted by Gasteiger charge is 2.42. The number of rotatable bonds is 5. The third-order valence-corrected chi connectivity index (χ3v) is 3.58. The van der Waals surface area contributed by atoms with Crippen LogP contribution in [0.1, 0.15) is 33.6 Å². The smallest absolute Gasteiger partial charge is 0.323 e. The number of likely N-dealkylation sites (tertiary alicyclic amines) is 1. The van der Waals surface area contributed by atoms with E-state index in [2.05, 4.69) is 18.7 Å². The van der Waals surface area contributed by atoms with E-state index in [9.17, 15) is 9.90 Å². The van der Waals surface area contributed by atoms with E-state index in [-0.39, 0.29) is 0 Å². The molecule has 0 aromatic rings. The quantitative estimate of drug-likeness (QED) is 0.741. The Morgan fingerprint density at radius 2 is 2.25 bits per heavy atom. The predicted octanol–water partition coefficient (Wildman–Crippen LogP) is 1.16. The molecule has 1 heterocycles. The second-order valence-electron chi connectivity index (χ2n) is 5.51. The van der Waals surface area contributed by atoms with Crippen molar-refractivity contribution in [3.63, 3.8) is 0 Å². The molecule has 94 valence electrons. The van der Waals surface area contributed by atoms with Crippen LogP contribution in [-0.4, -0.2) is 41.1 Å². The van der Waals surface area contributed by atoms with Crippen molar-refractivity contribution in [2.75, 3.05) is 19.6 Å². The molecule has 0 aliphatic carbocycles. The van der Waals surface area contributed by atoms with Gasteiger partial charge in [0.2, 0.25) is 0 Å². The number of aliphatic carboxylic acids is 1. The Bertz CT molecular complexity index is 255. The average molecular weight is 228 g/mol. The summed E-state index contributed by atoms with van der Waals surface area (Å²) in [5, 5.41) is 9.43. The molecule has 0 saturated carbocycles. The molecular weight excluding hydrogens is 204 g/mol. The molecule has 4 nitrogen and oxygen atoms in total. The molecule has 1 saturated heterocycles. The van der Waals surface area contributed by atoms with Gasteiger partial charge in [-0.2, -0.15) is 0 Å². The monoisotopic (exact) mass is 228 g/mol. The van der Waals surface area contributed by atoms with Crippen molar-refractivity contribution in [1.29, 1.82) is 0 Å². The molecular formula is C12H24N2O2. The maximum atomic E-state index is 11.5. The van der Waals surface area contributed by atoms with Crippen LogP contribution < -0.4 is 5.73 Å². The first-order valence-electron chi connectivity index (χ1n) is 6.08. The number of carboxylic acids is 1. The van der Waals surface area contributed by atoms with Crippen molar-refractivity contribution in [2.24, 2.45) is 17.6 Å². The first kappa shape index (κ1) is 13.5. The molecule has 0 bridgehead atoms. The van der Waals surface area contributed by atoms with E-state index in [1.807, 2.05) is 6.92 Å². The van der Waals surface area contributed by atoms with Crippen LogP contribution in [-0.2, 0) is 4.79 Å². The largest absolute Gasteiger partial charge is 0.480 e. The van der Waals surface area contributed by atoms with Gasteiger partial charge in [-0.1, -0.05) is 13.8 Å². The summed E-state index contributed by atoms with van der Waals surface area (Å²) in [6.45, 7) is 8.32. The van der Waals surface area contributed by atoms with Crippen molar-refractivity contribution in [1.82, 2.24) is 4.90 Å². The van der Waals surface area contributed by atoms with Crippen LogP contribution in [0.3, 0.4) is 0 Å². The second-order valence-corrected chi connectivity index (χ2v) is 5.51. The summed E-state index contributed by atoms with van der Waals surface area (Å²) in [5.41, 5.74) is 4.92. The van der Waals surface area contributed by atoms with E-state index in [0.29, 0.717) is 24.8 Å². The third-order valence-electron chi connectivity index (χ3n) is 3.58. The average Bonchev–Trinajstić information content (AvgIpc) is 2.64. The molecule has 0 aromatic heterocycles. The summed E-state index contributed by atoms with van der Waals surface area (Å²) in [6.07, 6.45) is 1.72. The second kappa shape index (κ2) is 5.15. The van der Waals surface area contributed by atoms with Crippen molar-refractivity contribution in [2.45, 2.75) is 39.2 Å². The zero-order valence-electron chi connectivity index (χ0n) is 10.6. The van der Waals surface area contributed by atoms with Crippen LogP contribution in [0.5, 0.6) is 0 Å². The van der Waals surface area contributed by atoms with Gasteiger partial charge in [-0.25, -0.2) is 0 Å². The molecule has 2 atom stereocenters. The number of carboxylic acid groups (broad SMARTS) is 1. The van der Waals surface area contributed by atoms with E-state index in [0.717, 1.165) is 19.5 Å². The van der Waals surface area contributed by atoms with Crippen molar-refractivity contribution in [3.8, 4) is 0 Å². The topological polar surface area (TPSA) is 66.6 Å². The summed E-state index contributed by atoms with van der Waals surface area (Å²) >= 11 is 0. The van der Waals surface area contributed by atoms with Crippen molar-refractivity contribution >= 4 is 5.97 Å². The van der Waals surface area contributed by atoms with E-state index in [4.69, 9.17) is 5.73 Å². The minimum Gasteiger partial charge on any atom is -0.480 e. The minimum absolute atomic E-state index is 0.387. The summed E-state index contributed by atoms with van der Waals surface area (Å²) in [7, 11) is 0. The van der Waals surface area contributed by atoms with Gasteiger partial charge in [-0.05, 0) is 44.7 Å². The van der Waals surface area contributed by atoms with Gasteiger partial charge in [-0.3, -0.25) is 9.69 Å². The predicted molar refractivity (Wildman–Crippen MR) is 64.2 cm³/mol. The lowest BCUT2D eigenvalue weighted by Gasteiger charge is -2.36. The molecule has 1 fully saturated rings. The van der Waals surface area contributed by atoms with Gasteiger partial charge in [0.05, 0.1) is 0 Å². The maximum absolute atomic E-state index is 11.5. The van der Waals surface area contributed by atoms with Crippen LogP contribution in [0.15, 0.2) is 0 Å². The number of hydrogen-bond donors (Lipinski definition) is 2. The SMILES string of the molecule is CC(C)CC(C)(C(=O)O)N1CCC(CN)C1. The lowest BCUT2D eigenvalue weighted by molar-refractivity contribution is -0.151. The lowest BCUT2D eigenvalue weighted by Crippen LogP contribution is -2.52. The molecule has 0 aromatic carbocycles. The zero-order valence-corrected chi connectivity index (χ0v) is 10.6. The van der Waals surface area contributed by atoms with Gasteiger partial charge >= 0.3 is 5.97 Å². The van der Waals surface area contributed by atoms with Gasteiger partial charge in [-0.15, -0.1) is 0 Å². The minimum atomic E-state index is -0.724. The molecule has 1 aliphatic rings. The fourth-order valence-corrected chi connectivity index (χ4v) is 2.62. The van der Waals surface area contributed by atoms with E-state index < -0.39 is 11.5 Å². The van der Waals surface area contributed by atoms with Crippen LogP contribution in [0.2, 0.25) is 0 Å². The molecule has 1 aliphatic heterocycles. The summed E-state index contributed by atoms with van der Waals surface area (Å²) in [6, 6.07) is 0. The summed E-state index contributed by atoms with van der Waals surface area (Å²) < 4.78 is 0. The molecule has 1 rings (SSSR count). The van der Waals surface area contributed by atoms with Gasteiger partial charge in [0.1, 0.15) is 5.54 Å². The summed E-state index contributed by atoms with van der Waals surface area (Å²) in [5.74, 6) is 0.141. The summed E-state index contributed by atoms with van der Waals surface area (Å²) in [4.78, 5) is 13.6. The van der Waals surface area contributed by atoms with Crippen LogP contribution in [0.4, 0.5) is 0 Å². The molecule has 3 N–H and O–H groups in total. The van der Waals surface area contributed by atoms with Crippen molar-refractivity contribution in [3.05, 3.63) is 0 Å². The maximum Gasteiger partial charge on any atom is 0.323 e. The molecule has 0 spiro atoms. The highest BCUT2D eigenvalue weighted by molar-refractivity contribution is 5.78. The van der Waals surface area contributed by atoms with E-state index in [1.165, 1.54) is 0 Å². The number of carbonyl (C=O) groups is 1. The van der Waals surface area contributed by atoms with Gasteiger partial charge in [0.25, 0.3) is 0 Å². The normalized spacial score (nSPS) is 25.9. The highest BCUT2D eigenvalue weighted by atomic mass is 16.4. The Morgan fingerprint density at radius 1 is 1.62 bits per heavy atom. The zero-order chi connectivity index (χ0) is 12.3. The highest BCUT2D eigenvalue weighted by Crippen LogP contribution is 2.30. The Kier molecular flexibility index (Phi) is 4.33. The Morgan fingerprint density at radius 3 is 2.62 bits per heavy atom. The first-order valence-corrected chi connectivity index (χ1v) is 6.08. The van der Waals surface area contributed by atoms with Crippen LogP contribution >= 0.6 is 0 Å². The Hall–Kier alpha value is -0.610. The van der Waals surface area contributed by atoms with Gasteiger partial charge in [0.15, 0.2) is 0 Å². The van der Waals surface area contributed by atoms with Gasteiger partial charge in [0, 0.05) is 6.54 Å². The van der Waals surface area contributed by atoms with Crippen molar-refractivity contribution < 1.29 is 9.90 Å². The third kappa shape index (κ3) is 2.74. The molecule has 0 radical (unpaired) electrons. The van der Waals surface area contributed by atoms with Gasteiger partial charge < -0.3 is 10.8 Å². The number of nitrogens with zero attached hydrogens (tertiary/aromatic N) is 1. The molecule has 4 heteroatoms. The van der Waals surface area contributed by atoms with E-state index in [1.54, 1.807) is 0 Å². The molecule has 0 amide bonds. The van der Waals surface area contributed by atoms with E-state index >= 15 is 0 Å². The molecule has 2 unspecified atom stereocenters. The fraction of sp³-hybridized carbons (Fsp3) is 0.917. The number of hydrogen-bond acceptors (Lipinski definition) is 3. The number of nitrogens with two attached hydrogens (primary N) is 1. The van der Waals surface area contributed by atoms with Crippen LogP contribution in [0.25, 0.3) is 0 Å². The lowest BCUT2D eigenvalue weighted by atomic mass is 9.89. The fourth-order valence-electron chi connectivity index (χ4n) is 2.62. The molecule has 16 heavy (non-hydrogen) atoms. The Labute approximate surface area is 97.8 Å². The first-order chi connectivity index (χ1) is 7.40.